The summed E-state index contributed by atoms with van der Waals surface area (Å²) >= 11 is 0. The molecule has 1 aromatic heterocycles. The van der Waals surface area contributed by atoms with Crippen LogP contribution in [0.5, 0.6) is 0 Å². The Kier molecular flexibility index (Phi) is 7.88. The summed E-state index contributed by atoms with van der Waals surface area (Å²) in [7, 11) is 1.66. The molecule has 43 heavy (non-hydrogen) atoms. The number of likely N-dealkylation sites (tertiary alicyclic amines) is 1. The molecule has 0 aliphatic carbocycles. The van der Waals surface area contributed by atoms with E-state index < -0.39 is 23.3 Å². The highest BCUT2D eigenvalue weighted by molar-refractivity contribution is 5.98. The van der Waals surface area contributed by atoms with Gasteiger partial charge in [0.2, 0.25) is 0 Å². The summed E-state index contributed by atoms with van der Waals surface area (Å²) in [5, 5.41) is 17.3. The van der Waals surface area contributed by atoms with Gasteiger partial charge in [-0.05, 0) is 81.1 Å². The third-order valence-electron chi connectivity index (χ3n) is 7.52. The van der Waals surface area contributed by atoms with Crippen molar-refractivity contribution in [3.63, 3.8) is 0 Å². The highest BCUT2D eigenvalue weighted by Gasteiger charge is 2.35. The predicted octanol–water partition coefficient (Wildman–Crippen LogP) is 5.92. The Morgan fingerprint density at radius 2 is 1.84 bits per heavy atom. The quantitative estimate of drug-likeness (QED) is 0.287. The Morgan fingerprint density at radius 1 is 1.07 bits per heavy atom. The van der Waals surface area contributed by atoms with Gasteiger partial charge in [-0.15, -0.1) is 5.10 Å². The van der Waals surface area contributed by atoms with Gasteiger partial charge in [-0.2, -0.15) is 5.26 Å². The first-order chi connectivity index (χ1) is 20.4. The van der Waals surface area contributed by atoms with Crippen molar-refractivity contribution in [1.29, 1.82) is 5.26 Å². The van der Waals surface area contributed by atoms with Gasteiger partial charge in [0.1, 0.15) is 28.8 Å². The van der Waals surface area contributed by atoms with Crippen LogP contribution in [0.25, 0.3) is 33.3 Å². The molecule has 1 aliphatic rings. The Labute approximate surface area is 248 Å². The van der Waals surface area contributed by atoms with Crippen molar-refractivity contribution in [2.75, 3.05) is 19.6 Å². The van der Waals surface area contributed by atoms with Gasteiger partial charge < -0.3 is 14.5 Å². The minimum atomic E-state index is -0.725. The van der Waals surface area contributed by atoms with Crippen LogP contribution in [0.4, 0.5) is 13.6 Å². The minimum absolute atomic E-state index is 0.127. The summed E-state index contributed by atoms with van der Waals surface area (Å²) in [6.45, 7) is 8.49. The Balaban J connectivity index is 1.51. The molecule has 11 heteroatoms. The SMILES string of the molecule is CCN(C(=O)OC(C)(C)C)[C@H]1CCN(C(=O)c2ccc(-c3cc4nnn(C)c4cc3F)c(-c3ccc(C#N)c(F)c3)c2)C1. The third-order valence-corrected chi connectivity index (χ3v) is 7.52. The lowest BCUT2D eigenvalue weighted by molar-refractivity contribution is 0.0178. The van der Waals surface area contributed by atoms with Crippen LogP contribution in [0.2, 0.25) is 0 Å². The van der Waals surface area contributed by atoms with E-state index in [0.29, 0.717) is 59.3 Å². The van der Waals surface area contributed by atoms with Crippen molar-refractivity contribution >= 4 is 23.0 Å². The van der Waals surface area contributed by atoms with Gasteiger partial charge in [0, 0.05) is 43.9 Å². The van der Waals surface area contributed by atoms with Crippen LogP contribution < -0.4 is 0 Å². The van der Waals surface area contributed by atoms with Crippen molar-refractivity contribution in [1.82, 2.24) is 24.8 Å². The second-order valence-corrected chi connectivity index (χ2v) is 11.6. The number of ether oxygens (including phenoxy) is 1. The van der Waals surface area contributed by atoms with Gasteiger partial charge in [-0.25, -0.2) is 18.3 Å². The van der Waals surface area contributed by atoms with E-state index in [9.17, 15) is 19.2 Å². The maximum Gasteiger partial charge on any atom is 0.410 e. The lowest BCUT2D eigenvalue weighted by Gasteiger charge is -2.30. The van der Waals surface area contributed by atoms with Crippen LogP contribution in [0, 0.1) is 23.0 Å². The van der Waals surface area contributed by atoms with Gasteiger partial charge in [0.15, 0.2) is 0 Å². The molecule has 0 radical (unpaired) electrons. The number of fused-ring (bicyclic) bond motifs is 1. The number of carbonyl (C=O) groups excluding carboxylic acids is 2. The van der Waals surface area contributed by atoms with E-state index >= 15 is 4.39 Å². The van der Waals surface area contributed by atoms with E-state index in [0.717, 1.165) is 0 Å². The summed E-state index contributed by atoms with van der Waals surface area (Å²) in [5.74, 6) is -1.53. The number of aryl methyl sites for hydroxylation is 1. The standard InChI is InChI=1S/C32H32F2N6O3/c1-6-40(31(42)43-32(2,3)4)22-11-12-39(18-22)30(41)20-9-10-23(24(13-20)19-7-8-21(17-35)26(33)14-19)25-15-28-29(16-27(25)34)38(5)37-36-28/h7-10,13-16,22H,6,11-12,18H2,1-5H3/t22-/m0/s1. The molecule has 0 spiro atoms. The molecule has 0 N–H and O–H groups in total. The third kappa shape index (κ3) is 5.91. The molecule has 0 saturated carbocycles. The Bertz CT molecular complexity index is 1770. The molecule has 4 aromatic rings. The number of likely N-dealkylation sites (N-methyl/N-ethyl adjacent to an activating group) is 1. The molecular weight excluding hydrogens is 554 g/mol. The van der Waals surface area contributed by atoms with E-state index in [4.69, 9.17) is 4.74 Å². The first kappa shape index (κ1) is 29.6. The molecule has 2 amide bonds. The molecule has 3 aromatic carbocycles. The molecule has 1 atom stereocenters. The van der Waals surface area contributed by atoms with Crippen molar-refractivity contribution in [2.45, 2.75) is 45.8 Å². The van der Waals surface area contributed by atoms with Crippen molar-refractivity contribution in [2.24, 2.45) is 7.05 Å². The van der Waals surface area contributed by atoms with Gasteiger partial charge in [0.25, 0.3) is 5.91 Å². The number of hydrogen-bond acceptors (Lipinski definition) is 6. The molecule has 1 saturated heterocycles. The lowest BCUT2D eigenvalue weighted by atomic mass is 9.91. The van der Waals surface area contributed by atoms with E-state index in [1.807, 2.05) is 6.92 Å². The Hall–Kier alpha value is -4.85. The highest BCUT2D eigenvalue weighted by atomic mass is 19.1. The molecule has 2 heterocycles. The van der Waals surface area contributed by atoms with Gasteiger partial charge in [-0.3, -0.25) is 4.79 Å². The largest absolute Gasteiger partial charge is 0.444 e. The lowest BCUT2D eigenvalue weighted by Crippen LogP contribution is -2.45. The van der Waals surface area contributed by atoms with Crippen molar-refractivity contribution in [3.05, 3.63) is 71.3 Å². The summed E-state index contributed by atoms with van der Waals surface area (Å²) in [4.78, 5) is 29.8. The summed E-state index contributed by atoms with van der Waals surface area (Å²) in [6.07, 6.45) is 0.166. The van der Waals surface area contributed by atoms with Gasteiger partial charge in [-0.1, -0.05) is 17.3 Å². The normalized spacial score (nSPS) is 15.0. The molecule has 9 nitrogen and oxygen atoms in total. The molecule has 0 bridgehead atoms. The fourth-order valence-corrected chi connectivity index (χ4v) is 5.40. The molecule has 1 aliphatic heterocycles. The van der Waals surface area contributed by atoms with Crippen LogP contribution in [-0.4, -0.2) is 68.1 Å². The van der Waals surface area contributed by atoms with Gasteiger partial charge >= 0.3 is 6.09 Å². The van der Waals surface area contributed by atoms with E-state index in [-0.39, 0.29) is 23.1 Å². The predicted molar refractivity (Wildman–Crippen MR) is 157 cm³/mol. The molecule has 222 valence electrons. The number of halogens is 2. The zero-order valence-electron chi connectivity index (χ0n) is 24.7. The van der Waals surface area contributed by atoms with Crippen molar-refractivity contribution in [3.8, 4) is 28.3 Å². The molecular formula is C32H32F2N6O3. The first-order valence-corrected chi connectivity index (χ1v) is 14.0. The second kappa shape index (κ2) is 11.4. The van der Waals surface area contributed by atoms with Crippen LogP contribution in [0.3, 0.4) is 0 Å². The number of hydrogen-bond donors (Lipinski definition) is 0. The van der Waals surface area contributed by atoms with Crippen LogP contribution >= 0.6 is 0 Å². The van der Waals surface area contributed by atoms with Crippen molar-refractivity contribution < 1.29 is 23.1 Å². The summed E-state index contributed by atoms with van der Waals surface area (Å²) in [5.41, 5.74) is 1.97. The Morgan fingerprint density at radius 3 is 2.51 bits per heavy atom. The molecule has 0 unspecified atom stereocenters. The minimum Gasteiger partial charge on any atom is -0.444 e. The van der Waals surface area contributed by atoms with Crippen LogP contribution in [0.15, 0.2) is 48.5 Å². The summed E-state index contributed by atoms with van der Waals surface area (Å²) < 4.78 is 37.3. The number of nitriles is 1. The number of benzene rings is 3. The average Bonchev–Trinajstić information content (AvgIpc) is 3.58. The number of amides is 2. The van der Waals surface area contributed by atoms with E-state index in [1.165, 1.54) is 22.9 Å². The maximum atomic E-state index is 15.5. The zero-order valence-corrected chi connectivity index (χ0v) is 24.7. The van der Waals surface area contributed by atoms with Crippen LogP contribution in [-0.2, 0) is 11.8 Å². The number of rotatable bonds is 5. The fraction of sp³-hybridized carbons (Fsp3) is 0.344. The zero-order chi connectivity index (χ0) is 31.1. The van der Waals surface area contributed by atoms with E-state index in [1.54, 1.807) is 74.0 Å². The first-order valence-electron chi connectivity index (χ1n) is 14.0. The van der Waals surface area contributed by atoms with Gasteiger partial charge in [0.05, 0.1) is 17.1 Å². The maximum absolute atomic E-state index is 15.5. The molecule has 1 fully saturated rings. The average molecular weight is 587 g/mol. The molecule has 5 rings (SSSR count). The topological polar surface area (TPSA) is 104 Å². The monoisotopic (exact) mass is 586 g/mol. The smallest absolute Gasteiger partial charge is 0.410 e. The number of aromatic nitrogens is 3. The number of carbonyl (C=O) groups is 2. The highest BCUT2D eigenvalue weighted by Crippen LogP contribution is 2.37. The summed E-state index contributed by atoms with van der Waals surface area (Å²) in [6, 6.07) is 13.5. The second-order valence-electron chi connectivity index (χ2n) is 11.6. The van der Waals surface area contributed by atoms with Crippen LogP contribution in [0.1, 0.15) is 50.0 Å². The number of nitrogens with zero attached hydrogens (tertiary/aromatic N) is 6. The fourth-order valence-electron chi connectivity index (χ4n) is 5.40. The van der Waals surface area contributed by atoms with E-state index in [2.05, 4.69) is 10.3 Å².